The van der Waals surface area contributed by atoms with Crippen LogP contribution in [0.3, 0.4) is 0 Å². The molecule has 0 aliphatic carbocycles. The van der Waals surface area contributed by atoms with Gasteiger partial charge in [-0.2, -0.15) is 16.1 Å². The molecule has 8 heteroatoms. The molecule has 6 nitrogen and oxygen atoms in total. The van der Waals surface area contributed by atoms with Gasteiger partial charge in [0, 0.05) is 30.2 Å². The summed E-state index contributed by atoms with van der Waals surface area (Å²) >= 11 is 1.57. The summed E-state index contributed by atoms with van der Waals surface area (Å²) in [4.78, 5) is 11.1. The van der Waals surface area contributed by atoms with Crippen LogP contribution >= 0.6 is 11.8 Å². The first-order valence-electron chi connectivity index (χ1n) is 6.40. The van der Waals surface area contributed by atoms with Crippen LogP contribution in [0.25, 0.3) is 0 Å². The van der Waals surface area contributed by atoms with Crippen molar-refractivity contribution in [1.82, 2.24) is 4.31 Å². The number of rotatable bonds is 5. The molecule has 0 bridgehead atoms. The van der Waals surface area contributed by atoms with Crippen LogP contribution in [0.5, 0.6) is 5.75 Å². The van der Waals surface area contributed by atoms with Gasteiger partial charge in [-0.1, -0.05) is 6.07 Å². The Balaban J connectivity index is 2.33. The van der Waals surface area contributed by atoms with Crippen molar-refractivity contribution in [2.75, 3.05) is 25.2 Å². The zero-order valence-corrected chi connectivity index (χ0v) is 13.2. The van der Waals surface area contributed by atoms with Gasteiger partial charge in [0.05, 0.1) is 18.4 Å². The van der Waals surface area contributed by atoms with Gasteiger partial charge in [-0.25, -0.2) is 8.42 Å². The van der Waals surface area contributed by atoms with Gasteiger partial charge >= 0.3 is 5.97 Å². The molecular weight excluding hydrogens is 314 g/mol. The Morgan fingerprint density at radius 2 is 2.29 bits per heavy atom. The highest BCUT2D eigenvalue weighted by Crippen LogP contribution is 2.27. The van der Waals surface area contributed by atoms with Gasteiger partial charge in [-0.05, 0) is 12.1 Å². The zero-order valence-electron chi connectivity index (χ0n) is 11.6. The third kappa shape index (κ3) is 3.69. The molecule has 0 saturated carbocycles. The van der Waals surface area contributed by atoms with E-state index in [2.05, 4.69) is 0 Å². The summed E-state index contributed by atoms with van der Waals surface area (Å²) < 4.78 is 31.8. The number of carboxylic acids is 1. The van der Waals surface area contributed by atoms with Crippen molar-refractivity contribution in [3.05, 3.63) is 24.3 Å². The lowest BCUT2D eigenvalue weighted by Gasteiger charge is -2.33. The Bertz CT molecular complexity index is 617. The fourth-order valence-electron chi connectivity index (χ4n) is 2.22. The highest BCUT2D eigenvalue weighted by Gasteiger charge is 2.35. The number of carboxylic acid groups (broad SMARTS) is 1. The van der Waals surface area contributed by atoms with Gasteiger partial charge in [0.2, 0.25) is 10.0 Å². The third-order valence-electron chi connectivity index (χ3n) is 3.23. The Kier molecular flexibility index (Phi) is 5.13. The summed E-state index contributed by atoms with van der Waals surface area (Å²) in [6.07, 6.45) is -0.184. The number of carbonyl (C=O) groups is 1. The molecule has 0 radical (unpaired) electrons. The van der Waals surface area contributed by atoms with Crippen molar-refractivity contribution in [2.45, 2.75) is 17.4 Å². The Hall–Kier alpha value is -1.25. The van der Waals surface area contributed by atoms with E-state index in [0.717, 1.165) is 0 Å². The topological polar surface area (TPSA) is 83.9 Å². The molecule has 1 N–H and O–H groups in total. The summed E-state index contributed by atoms with van der Waals surface area (Å²) in [5.74, 6) is 0.625. The SMILES string of the molecule is COc1cccc(S(=O)(=O)N2CCSCC2CC(=O)O)c1. The number of benzene rings is 1. The predicted octanol–water partition coefficient (Wildman–Crippen LogP) is 1.28. The van der Waals surface area contributed by atoms with Gasteiger partial charge in [-0.15, -0.1) is 0 Å². The van der Waals surface area contributed by atoms with Crippen LogP contribution < -0.4 is 4.74 Å². The van der Waals surface area contributed by atoms with Gasteiger partial charge in [0.25, 0.3) is 0 Å². The molecule has 1 fully saturated rings. The van der Waals surface area contributed by atoms with E-state index >= 15 is 0 Å². The minimum Gasteiger partial charge on any atom is -0.497 e. The average molecular weight is 331 g/mol. The van der Waals surface area contributed by atoms with Crippen LogP contribution in [0.1, 0.15) is 6.42 Å². The Morgan fingerprint density at radius 1 is 1.52 bits per heavy atom. The maximum absolute atomic E-state index is 12.7. The molecule has 1 aromatic rings. The number of sulfonamides is 1. The second kappa shape index (κ2) is 6.67. The minimum absolute atomic E-state index is 0.129. The summed E-state index contributed by atoms with van der Waals surface area (Å²) in [6, 6.07) is 5.71. The first-order chi connectivity index (χ1) is 9.95. The van der Waals surface area contributed by atoms with E-state index in [0.29, 0.717) is 23.8 Å². The number of thioether (sulfide) groups is 1. The number of hydrogen-bond acceptors (Lipinski definition) is 5. The molecule has 0 spiro atoms. The van der Waals surface area contributed by atoms with Crippen molar-refractivity contribution in [1.29, 1.82) is 0 Å². The maximum atomic E-state index is 12.7. The van der Waals surface area contributed by atoms with Gasteiger partial charge in [-0.3, -0.25) is 4.79 Å². The molecule has 0 aromatic heterocycles. The standard InChI is InChI=1S/C13H17NO5S2/c1-19-11-3-2-4-12(8-11)21(17,18)14-5-6-20-9-10(14)7-13(15)16/h2-4,8,10H,5-7,9H2,1H3,(H,15,16). The molecule has 1 unspecified atom stereocenters. The van der Waals surface area contributed by atoms with E-state index in [4.69, 9.17) is 9.84 Å². The molecular formula is C13H17NO5S2. The number of ether oxygens (including phenoxy) is 1. The van der Waals surface area contributed by atoms with Crippen LogP contribution in [-0.2, 0) is 14.8 Å². The van der Waals surface area contributed by atoms with Gasteiger partial charge < -0.3 is 9.84 Å². The lowest BCUT2D eigenvalue weighted by molar-refractivity contribution is -0.137. The molecule has 1 heterocycles. The lowest BCUT2D eigenvalue weighted by Crippen LogP contribution is -2.46. The Morgan fingerprint density at radius 3 is 2.95 bits per heavy atom. The summed E-state index contributed by atoms with van der Waals surface area (Å²) in [5, 5.41) is 8.95. The molecule has 1 atom stereocenters. The van der Waals surface area contributed by atoms with Crippen molar-refractivity contribution in [3.8, 4) is 5.75 Å². The molecule has 21 heavy (non-hydrogen) atoms. The van der Waals surface area contributed by atoms with Gasteiger partial charge in [0.15, 0.2) is 0 Å². The first-order valence-corrected chi connectivity index (χ1v) is 9.00. The van der Waals surface area contributed by atoms with E-state index in [1.165, 1.54) is 23.5 Å². The van der Waals surface area contributed by atoms with Crippen LogP contribution in [0, 0.1) is 0 Å². The normalized spacial score (nSPS) is 20.1. The van der Waals surface area contributed by atoms with Crippen LogP contribution in [0.4, 0.5) is 0 Å². The van der Waals surface area contributed by atoms with E-state index in [-0.39, 0.29) is 11.3 Å². The van der Waals surface area contributed by atoms with Crippen molar-refractivity contribution < 1.29 is 23.1 Å². The van der Waals surface area contributed by atoms with E-state index < -0.39 is 22.0 Å². The summed E-state index contributed by atoms with van der Waals surface area (Å²) in [6.45, 7) is 0.322. The lowest BCUT2D eigenvalue weighted by atomic mass is 10.2. The zero-order chi connectivity index (χ0) is 15.5. The minimum atomic E-state index is -3.71. The van der Waals surface area contributed by atoms with E-state index in [1.807, 2.05) is 0 Å². The molecule has 1 aliphatic rings. The van der Waals surface area contributed by atoms with Crippen LogP contribution in [0.2, 0.25) is 0 Å². The maximum Gasteiger partial charge on any atom is 0.305 e. The summed E-state index contributed by atoms with van der Waals surface area (Å²) in [7, 11) is -2.24. The molecule has 2 rings (SSSR count). The first kappa shape index (κ1) is 16.1. The number of nitrogens with zero attached hydrogens (tertiary/aromatic N) is 1. The molecule has 1 aromatic carbocycles. The van der Waals surface area contributed by atoms with Gasteiger partial charge in [0.1, 0.15) is 5.75 Å². The largest absolute Gasteiger partial charge is 0.497 e. The molecule has 116 valence electrons. The van der Waals surface area contributed by atoms with Crippen molar-refractivity contribution in [3.63, 3.8) is 0 Å². The Labute approximate surface area is 128 Å². The fraction of sp³-hybridized carbons (Fsp3) is 0.462. The van der Waals surface area contributed by atoms with Crippen LogP contribution in [0.15, 0.2) is 29.2 Å². The second-order valence-electron chi connectivity index (χ2n) is 4.62. The fourth-order valence-corrected chi connectivity index (χ4v) is 5.15. The molecule has 1 saturated heterocycles. The van der Waals surface area contributed by atoms with E-state index in [1.54, 1.807) is 23.9 Å². The molecule has 0 amide bonds. The van der Waals surface area contributed by atoms with Crippen molar-refractivity contribution >= 4 is 27.8 Å². The monoisotopic (exact) mass is 331 g/mol. The van der Waals surface area contributed by atoms with Crippen LogP contribution in [-0.4, -0.2) is 55.0 Å². The number of aliphatic carboxylic acids is 1. The second-order valence-corrected chi connectivity index (χ2v) is 7.66. The third-order valence-corrected chi connectivity index (χ3v) is 6.27. The highest BCUT2D eigenvalue weighted by molar-refractivity contribution is 7.99. The quantitative estimate of drug-likeness (QED) is 0.875. The van der Waals surface area contributed by atoms with Crippen molar-refractivity contribution in [2.24, 2.45) is 0 Å². The van der Waals surface area contributed by atoms with E-state index in [9.17, 15) is 13.2 Å². The number of hydrogen-bond donors (Lipinski definition) is 1. The molecule has 1 aliphatic heterocycles. The smallest absolute Gasteiger partial charge is 0.305 e. The number of methoxy groups -OCH3 is 1. The highest BCUT2D eigenvalue weighted by atomic mass is 32.2. The predicted molar refractivity (Wildman–Crippen MR) is 80.3 cm³/mol. The summed E-state index contributed by atoms with van der Waals surface area (Å²) in [5.41, 5.74) is 0. The average Bonchev–Trinajstić information content (AvgIpc) is 2.47.